The molecule has 0 fully saturated rings. The summed E-state index contributed by atoms with van der Waals surface area (Å²) in [6.07, 6.45) is 0. The monoisotopic (exact) mass is 277 g/mol. The van der Waals surface area contributed by atoms with Crippen molar-refractivity contribution in [1.82, 2.24) is 0 Å². The lowest BCUT2D eigenvalue weighted by molar-refractivity contribution is 0.337. The molecule has 2 nitrogen and oxygen atoms in total. The van der Waals surface area contributed by atoms with Crippen LogP contribution in [-0.2, 0) is 5.75 Å². The fourth-order valence-corrected chi connectivity index (χ4v) is 2.62. The van der Waals surface area contributed by atoms with E-state index in [4.69, 9.17) is 10.5 Å². The van der Waals surface area contributed by atoms with Crippen molar-refractivity contribution >= 4 is 17.4 Å². The van der Waals surface area contributed by atoms with Gasteiger partial charge in [0.25, 0.3) is 0 Å². The molecule has 0 spiro atoms. The van der Waals surface area contributed by atoms with Gasteiger partial charge in [0.2, 0.25) is 0 Å². The zero-order valence-corrected chi connectivity index (χ0v) is 11.5. The lowest BCUT2D eigenvalue weighted by Crippen LogP contribution is -1.95. The molecule has 0 bridgehead atoms. The molecule has 0 amide bonds. The normalized spacial score (nSPS) is 10.4. The highest BCUT2D eigenvalue weighted by Gasteiger charge is 2.07. The molecule has 0 radical (unpaired) electrons. The smallest absolute Gasteiger partial charge is 0.138 e. The maximum Gasteiger partial charge on any atom is 0.138 e. The minimum atomic E-state index is -0.279. The van der Waals surface area contributed by atoms with Crippen LogP contribution >= 0.6 is 11.8 Å². The number of anilines is 1. The summed E-state index contributed by atoms with van der Waals surface area (Å²) in [6.45, 7) is 2.57. The van der Waals surface area contributed by atoms with Gasteiger partial charge in [0.05, 0.1) is 6.61 Å². The van der Waals surface area contributed by atoms with Gasteiger partial charge in [-0.25, -0.2) is 4.39 Å². The van der Waals surface area contributed by atoms with Crippen molar-refractivity contribution in [2.24, 2.45) is 0 Å². The number of ether oxygens (including phenoxy) is 1. The van der Waals surface area contributed by atoms with Crippen molar-refractivity contribution in [3.05, 3.63) is 53.8 Å². The topological polar surface area (TPSA) is 35.2 Å². The highest BCUT2D eigenvalue weighted by molar-refractivity contribution is 7.98. The number of hydrogen-bond donors (Lipinski definition) is 1. The van der Waals surface area contributed by atoms with Crippen LogP contribution in [0.4, 0.5) is 10.1 Å². The van der Waals surface area contributed by atoms with Crippen molar-refractivity contribution in [3.8, 4) is 5.75 Å². The molecule has 0 saturated heterocycles. The summed E-state index contributed by atoms with van der Waals surface area (Å²) in [5.41, 5.74) is 7.03. The average Bonchev–Trinajstić information content (AvgIpc) is 2.40. The van der Waals surface area contributed by atoms with Gasteiger partial charge in [0.15, 0.2) is 0 Å². The Morgan fingerprint density at radius 2 is 2.00 bits per heavy atom. The highest BCUT2D eigenvalue weighted by atomic mass is 32.2. The Hall–Kier alpha value is -1.68. The average molecular weight is 277 g/mol. The van der Waals surface area contributed by atoms with Crippen LogP contribution in [0.2, 0.25) is 0 Å². The van der Waals surface area contributed by atoms with E-state index in [1.807, 2.05) is 31.2 Å². The first kappa shape index (κ1) is 13.7. The first-order chi connectivity index (χ1) is 9.20. The molecule has 2 aromatic rings. The molecule has 0 aliphatic rings. The minimum Gasteiger partial charge on any atom is -0.494 e. The number of halogens is 1. The molecule has 0 aliphatic heterocycles. The van der Waals surface area contributed by atoms with Gasteiger partial charge < -0.3 is 10.5 Å². The summed E-state index contributed by atoms with van der Waals surface area (Å²) < 4.78 is 19.2. The molecular weight excluding hydrogens is 261 g/mol. The molecular formula is C15H16FNOS. The van der Waals surface area contributed by atoms with Crippen molar-refractivity contribution in [3.63, 3.8) is 0 Å². The summed E-state index contributed by atoms with van der Waals surface area (Å²) in [7, 11) is 0. The number of thioether (sulfide) groups is 1. The van der Waals surface area contributed by atoms with E-state index >= 15 is 0 Å². The molecule has 2 rings (SSSR count). The third-order valence-electron chi connectivity index (χ3n) is 2.61. The SMILES string of the molecule is CCOc1ccccc1CSc1ccc(N)cc1F. The van der Waals surface area contributed by atoms with Gasteiger partial charge in [-0.15, -0.1) is 11.8 Å². The van der Waals surface area contributed by atoms with Crippen LogP contribution in [0.15, 0.2) is 47.4 Å². The van der Waals surface area contributed by atoms with Crippen molar-refractivity contribution in [2.45, 2.75) is 17.6 Å². The van der Waals surface area contributed by atoms with E-state index in [9.17, 15) is 4.39 Å². The van der Waals surface area contributed by atoms with Gasteiger partial charge in [-0.05, 0) is 31.2 Å². The lowest BCUT2D eigenvalue weighted by atomic mass is 10.2. The van der Waals surface area contributed by atoms with E-state index in [-0.39, 0.29) is 5.82 Å². The molecule has 0 atom stereocenters. The second kappa shape index (κ2) is 6.48. The molecule has 0 heterocycles. The van der Waals surface area contributed by atoms with Crippen LogP contribution in [0.5, 0.6) is 5.75 Å². The maximum absolute atomic E-state index is 13.7. The molecule has 0 aliphatic carbocycles. The second-order valence-electron chi connectivity index (χ2n) is 4.02. The standard InChI is InChI=1S/C15H16FNOS/c1-2-18-14-6-4-3-5-11(14)10-19-15-8-7-12(17)9-13(15)16/h3-9H,2,10,17H2,1H3. The molecule has 2 N–H and O–H groups in total. The summed E-state index contributed by atoms with van der Waals surface area (Å²) in [6, 6.07) is 12.6. The van der Waals surface area contributed by atoms with Crippen molar-refractivity contribution in [2.75, 3.05) is 12.3 Å². The predicted octanol–water partition coefficient (Wildman–Crippen LogP) is 4.10. The quantitative estimate of drug-likeness (QED) is 0.660. The van der Waals surface area contributed by atoms with E-state index in [0.717, 1.165) is 11.3 Å². The number of rotatable bonds is 5. The molecule has 0 saturated carbocycles. The zero-order chi connectivity index (χ0) is 13.7. The number of nitrogen functional groups attached to an aromatic ring is 1. The summed E-state index contributed by atoms with van der Waals surface area (Å²) in [5, 5.41) is 0. The van der Waals surface area contributed by atoms with Crippen LogP contribution in [-0.4, -0.2) is 6.61 Å². The molecule has 4 heteroatoms. The third kappa shape index (κ3) is 3.64. The van der Waals surface area contributed by atoms with E-state index in [1.165, 1.54) is 17.8 Å². The van der Waals surface area contributed by atoms with Crippen molar-refractivity contribution in [1.29, 1.82) is 0 Å². The van der Waals surface area contributed by atoms with Crippen molar-refractivity contribution < 1.29 is 9.13 Å². The van der Waals surface area contributed by atoms with Gasteiger partial charge in [0, 0.05) is 21.9 Å². The van der Waals surface area contributed by atoms with Gasteiger partial charge in [-0.2, -0.15) is 0 Å². The van der Waals surface area contributed by atoms with Gasteiger partial charge in [-0.1, -0.05) is 18.2 Å². The fraction of sp³-hybridized carbons (Fsp3) is 0.200. The molecule has 2 aromatic carbocycles. The summed E-state index contributed by atoms with van der Waals surface area (Å²) >= 11 is 1.44. The number of hydrogen-bond acceptors (Lipinski definition) is 3. The van der Waals surface area contributed by atoms with Gasteiger partial charge >= 0.3 is 0 Å². The predicted molar refractivity (Wildman–Crippen MR) is 78.0 cm³/mol. The summed E-state index contributed by atoms with van der Waals surface area (Å²) in [5.74, 6) is 1.24. The van der Waals surface area contributed by atoms with E-state index < -0.39 is 0 Å². The van der Waals surface area contributed by atoms with E-state index in [0.29, 0.717) is 22.9 Å². The van der Waals surface area contributed by atoms with Crippen LogP contribution in [0, 0.1) is 5.82 Å². The minimum absolute atomic E-state index is 0.279. The van der Waals surface area contributed by atoms with Crippen LogP contribution in [0.25, 0.3) is 0 Å². The number of para-hydroxylation sites is 1. The molecule has 19 heavy (non-hydrogen) atoms. The molecule has 100 valence electrons. The Morgan fingerprint density at radius 1 is 1.21 bits per heavy atom. The Labute approximate surface area is 116 Å². The maximum atomic E-state index is 13.7. The number of nitrogens with two attached hydrogens (primary N) is 1. The molecule has 0 aromatic heterocycles. The van der Waals surface area contributed by atoms with Crippen LogP contribution < -0.4 is 10.5 Å². The molecule has 0 unspecified atom stereocenters. The number of benzene rings is 2. The van der Waals surface area contributed by atoms with Gasteiger partial charge in [0.1, 0.15) is 11.6 Å². The Morgan fingerprint density at radius 3 is 2.74 bits per heavy atom. The van der Waals surface area contributed by atoms with Crippen LogP contribution in [0.3, 0.4) is 0 Å². The summed E-state index contributed by atoms with van der Waals surface area (Å²) in [4.78, 5) is 0.598. The second-order valence-corrected chi connectivity index (χ2v) is 5.04. The first-order valence-corrected chi connectivity index (χ1v) is 7.07. The third-order valence-corrected chi connectivity index (χ3v) is 3.71. The largest absolute Gasteiger partial charge is 0.494 e. The van der Waals surface area contributed by atoms with Gasteiger partial charge in [-0.3, -0.25) is 0 Å². The van der Waals surface area contributed by atoms with Crippen LogP contribution in [0.1, 0.15) is 12.5 Å². The first-order valence-electron chi connectivity index (χ1n) is 6.09. The Balaban J connectivity index is 2.10. The highest BCUT2D eigenvalue weighted by Crippen LogP contribution is 2.30. The Bertz CT molecular complexity index is 560. The zero-order valence-electron chi connectivity index (χ0n) is 10.7. The van der Waals surface area contributed by atoms with E-state index in [1.54, 1.807) is 12.1 Å². The van der Waals surface area contributed by atoms with E-state index in [2.05, 4.69) is 0 Å². The Kier molecular flexibility index (Phi) is 4.68. The lowest BCUT2D eigenvalue weighted by Gasteiger charge is -2.10. The fourth-order valence-electron chi connectivity index (χ4n) is 1.71.